The number of hydrogen-bond acceptors (Lipinski definition) is 6. The van der Waals surface area contributed by atoms with Crippen molar-refractivity contribution in [3.63, 3.8) is 0 Å². The summed E-state index contributed by atoms with van der Waals surface area (Å²) < 4.78 is 28.9. The second-order valence-electron chi connectivity index (χ2n) is 6.87. The van der Waals surface area contributed by atoms with E-state index in [1.807, 2.05) is 0 Å². The highest BCUT2D eigenvalue weighted by molar-refractivity contribution is 7.79. The zero-order chi connectivity index (χ0) is 21.0. The van der Waals surface area contributed by atoms with Crippen molar-refractivity contribution in [2.75, 3.05) is 20.2 Å². The molecule has 2 aromatic rings. The molecule has 0 N–H and O–H groups in total. The van der Waals surface area contributed by atoms with Crippen LogP contribution in [0.15, 0.2) is 48.5 Å². The van der Waals surface area contributed by atoms with Gasteiger partial charge in [0.25, 0.3) is 0 Å². The molecule has 1 aliphatic heterocycles. The summed E-state index contributed by atoms with van der Waals surface area (Å²) in [5.74, 6) is -0.719. The molecule has 0 amide bonds. The first-order valence-corrected chi connectivity index (χ1v) is 10.7. The van der Waals surface area contributed by atoms with Crippen LogP contribution in [0.25, 0.3) is 0 Å². The molecule has 2 atom stereocenters. The van der Waals surface area contributed by atoms with E-state index in [1.165, 1.54) is 7.11 Å². The number of carbonyl (C=O) groups excluding carboxylic acids is 2. The summed E-state index contributed by atoms with van der Waals surface area (Å²) in [4.78, 5) is 26.6. The summed E-state index contributed by atoms with van der Waals surface area (Å²) >= 11 is 3.41. The van der Waals surface area contributed by atoms with E-state index in [0.717, 1.165) is 0 Å². The summed E-state index contributed by atoms with van der Waals surface area (Å²) in [6.07, 6.45) is 1.07. The number of piperidine rings is 1. The Bertz CT molecular complexity index is 910. The molecule has 0 aliphatic carbocycles. The number of halogens is 1. The Kier molecular flexibility index (Phi) is 7.18. The largest absolute Gasteiger partial charge is 0.771 e. The Morgan fingerprint density at radius 1 is 1.14 bits per heavy atom. The predicted octanol–water partition coefficient (Wildman–Crippen LogP) is 3.60. The summed E-state index contributed by atoms with van der Waals surface area (Å²) in [5, 5.41) is -0.404. The van der Waals surface area contributed by atoms with E-state index in [1.54, 1.807) is 53.4 Å². The van der Waals surface area contributed by atoms with Crippen LogP contribution < -0.4 is 0 Å². The molecular weight excluding hydrogens is 414 g/mol. The van der Waals surface area contributed by atoms with Crippen LogP contribution in [0.2, 0.25) is 5.02 Å². The van der Waals surface area contributed by atoms with E-state index in [0.29, 0.717) is 42.1 Å². The molecule has 0 spiro atoms. The second kappa shape index (κ2) is 9.63. The van der Waals surface area contributed by atoms with E-state index >= 15 is 0 Å². The van der Waals surface area contributed by atoms with Gasteiger partial charge in [-0.1, -0.05) is 29.8 Å². The van der Waals surface area contributed by atoms with E-state index in [9.17, 15) is 18.4 Å². The number of hydrogen-bond donors (Lipinski definition) is 0. The fourth-order valence-electron chi connectivity index (χ4n) is 3.68. The van der Waals surface area contributed by atoms with Gasteiger partial charge in [0, 0.05) is 29.6 Å². The lowest BCUT2D eigenvalue weighted by atomic mass is 9.88. The van der Waals surface area contributed by atoms with Crippen molar-refractivity contribution in [2.24, 2.45) is 5.92 Å². The van der Waals surface area contributed by atoms with Crippen LogP contribution in [0.1, 0.15) is 44.5 Å². The zero-order valence-corrected chi connectivity index (χ0v) is 17.4. The number of Topliss-reactive ketones (excluding diaryl/α,β-unsaturated/α-hetero) is 1. The van der Waals surface area contributed by atoms with Gasteiger partial charge in [0.2, 0.25) is 0 Å². The standard InChI is InChI=1S/C21H22ClNO5S/c1-28-21(25)18-5-3-2-4-17(18)20(29(26)27)23-12-10-15(11-13-23)19(24)14-6-8-16(22)9-7-14/h2-9,15,20H,10-13H2,1H3,(H,26,27)/p-1. The highest BCUT2D eigenvalue weighted by atomic mass is 35.5. The van der Waals surface area contributed by atoms with Crippen molar-refractivity contribution in [3.05, 3.63) is 70.2 Å². The molecule has 1 aliphatic rings. The number of esters is 1. The summed E-state index contributed by atoms with van der Waals surface area (Å²) in [7, 11) is 1.26. The Morgan fingerprint density at radius 3 is 2.34 bits per heavy atom. The van der Waals surface area contributed by atoms with Crippen molar-refractivity contribution < 1.29 is 23.1 Å². The summed E-state index contributed by atoms with van der Waals surface area (Å²) in [5.41, 5.74) is 1.21. The maximum Gasteiger partial charge on any atom is 0.338 e. The smallest absolute Gasteiger partial charge is 0.338 e. The zero-order valence-electron chi connectivity index (χ0n) is 15.9. The third kappa shape index (κ3) is 4.93. The lowest BCUT2D eigenvalue weighted by molar-refractivity contribution is 0.0597. The Labute approximate surface area is 177 Å². The second-order valence-corrected chi connectivity index (χ2v) is 8.28. The van der Waals surface area contributed by atoms with Gasteiger partial charge in [-0.15, -0.1) is 0 Å². The van der Waals surface area contributed by atoms with Gasteiger partial charge in [-0.3, -0.25) is 13.9 Å². The molecule has 2 aromatic carbocycles. The van der Waals surface area contributed by atoms with E-state index in [4.69, 9.17) is 16.3 Å². The van der Waals surface area contributed by atoms with Crippen molar-refractivity contribution in [1.82, 2.24) is 4.90 Å². The number of likely N-dealkylation sites (tertiary alicyclic amines) is 1. The van der Waals surface area contributed by atoms with Gasteiger partial charge < -0.3 is 9.29 Å². The van der Waals surface area contributed by atoms with Gasteiger partial charge in [-0.25, -0.2) is 4.79 Å². The van der Waals surface area contributed by atoms with Crippen LogP contribution in [-0.2, 0) is 15.8 Å². The number of carbonyl (C=O) groups is 2. The molecule has 1 saturated heterocycles. The molecule has 0 aromatic heterocycles. The average Bonchev–Trinajstić information content (AvgIpc) is 2.74. The molecule has 0 radical (unpaired) electrons. The fourth-order valence-corrected chi connectivity index (χ4v) is 4.67. The number of methoxy groups -OCH3 is 1. The van der Waals surface area contributed by atoms with Gasteiger partial charge in [-0.2, -0.15) is 0 Å². The van der Waals surface area contributed by atoms with Crippen molar-refractivity contribution in [3.8, 4) is 0 Å². The van der Waals surface area contributed by atoms with Crippen LogP contribution in [0, 0.1) is 5.92 Å². The molecule has 2 unspecified atom stereocenters. The Balaban J connectivity index is 1.76. The Morgan fingerprint density at radius 2 is 1.76 bits per heavy atom. The number of ether oxygens (including phenoxy) is 1. The first-order valence-electron chi connectivity index (χ1n) is 9.21. The lowest BCUT2D eigenvalue weighted by Gasteiger charge is -2.38. The molecule has 0 saturated carbocycles. The minimum atomic E-state index is -2.47. The number of ketones is 1. The SMILES string of the molecule is COC(=O)c1ccccc1C(N1CCC(C(=O)c2ccc(Cl)cc2)CC1)S(=O)[O-]. The molecule has 1 fully saturated rings. The molecule has 6 nitrogen and oxygen atoms in total. The number of benzene rings is 2. The molecule has 8 heteroatoms. The van der Waals surface area contributed by atoms with Crippen molar-refractivity contribution in [2.45, 2.75) is 18.2 Å². The molecule has 1 heterocycles. The number of rotatable bonds is 6. The van der Waals surface area contributed by atoms with Gasteiger partial charge in [0.15, 0.2) is 5.78 Å². The van der Waals surface area contributed by atoms with Gasteiger partial charge in [0.1, 0.15) is 0 Å². The monoisotopic (exact) mass is 434 g/mol. The van der Waals surface area contributed by atoms with E-state index < -0.39 is 22.4 Å². The fraction of sp³-hybridized carbons (Fsp3) is 0.333. The maximum absolute atomic E-state index is 12.7. The molecule has 154 valence electrons. The summed E-state index contributed by atoms with van der Waals surface area (Å²) in [6, 6.07) is 13.3. The lowest BCUT2D eigenvalue weighted by Crippen LogP contribution is -2.40. The number of nitrogens with zero attached hydrogens (tertiary/aromatic N) is 1. The van der Waals surface area contributed by atoms with Crippen LogP contribution in [0.4, 0.5) is 0 Å². The van der Waals surface area contributed by atoms with Crippen LogP contribution >= 0.6 is 11.6 Å². The van der Waals surface area contributed by atoms with E-state index in [2.05, 4.69) is 0 Å². The molecule has 3 rings (SSSR count). The quantitative estimate of drug-likeness (QED) is 0.392. The Hall–Kier alpha value is -2.06. The van der Waals surface area contributed by atoms with Crippen LogP contribution in [-0.4, -0.2) is 45.6 Å². The van der Waals surface area contributed by atoms with Gasteiger partial charge in [-0.05, 0) is 59.8 Å². The topological polar surface area (TPSA) is 86.7 Å². The minimum absolute atomic E-state index is 0.0380. The normalized spacial score (nSPS) is 17.5. The van der Waals surface area contributed by atoms with Crippen LogP contribution in [0.3, 0.4) is 0 Å². The third-order valence-corrected chi connectivity index (χ3v) is 6.34. The summed E-state index contributed by atoms with van der Waals surface area (Å²) in [6.45, 7) is 0.857. The first-order chi connectivity index (χ1) is 13.9. The van der Waals surface area contributed by atoms with E-state index in [-0.39, 0.29) is 17.3 Å². The third-order valence-electron chi connectivity index (χ3n) is 5.18. The first kappa shape index (κ1) is 21.6. The average molecular weight is 435 g/mol. The van der Waals surface area contributed by atoms with Crippen LogP contribution in [0.5, 0.6) is 0 Å². The molecule has 29 heavy (non-hydrogen) atoms. The van der Waals surface area contributed by atoms with Gasteiger partial charge in [0.05, 0.1) is 18.0 Å². The molecule has 0 bridgehead atoms. The van der Waals surface area contributed by atoms with Crippen molar-refractivity contribution >= 4 is 34.4 Å². The van der Waals surface area contributed by atoms with Gasteiger partial charge >= 0.3 is 5.97 Å². The molecular formula is C21H21ClNO5S-. The minimum Gasteiger partial charge on any atom is -0.771 e. The highest BCUT2D eigenvalue weighted by Crippen LogP contribution is 2.32. The predicted molar refractivity (Wildman–Crippen MR) is 110 cm³/mol. The maximum atomic E-state index is 12.7. The highest BCUT2D eigenvalue weighted by Gasteiger charge is 2.32. The van der Waals surface area contributed by atoms with Crippen molar-refractivity contribution in [1.29, 1.82) is 0 Å².